The molecule has 0 aromatic rings. The minimum atomic E-state index is 0.659. The molecule has 1 aliphatic rings. The van der Waals surface area contributed by atoms with Gasteiger partial charge in [-0.2, -0.15) is 0 Å². The third-order valence-electron chi connectivity index (χ3n) is 3.18. The lowest BCUT2D eigenvalue weighted by molar-refractivity contribution is 0.149. The summed E-state index contributed by atoms with van der Waals surface area (Å²) in [7, 11) is 0. The van der Waals surface area contributed by atoms with Crippen molar-refractivity contribution in [3.05, 3.63) is 0 Å². The van der Waals surface area contributed by atoms with Crippen molar-refractivity contribution in [3.63, 3.8) is 0 Å². The number of hydrogen-bond acceptors (Lipinski definition) is 1. The Balaban J connectivity index is 2.54. The largest absolute Gasteiger partial charge is 0.298 e. The number of hydrogen-bond donors (Lipinski definition) is 0. The average molecular weight is 262 g/mol. The van der Waals surface area contributed by atoms with E-state index in [9.17, 15) is 0 Å². The molecule has 1 heterocycles. The van der Waals surface area contributed by atoms with Crippen LogP contribution in [0, 0.1) is 0 Å². The molecule has 0 amide bonds. The molecule has 0 N–H and O–H groups in total. The Kier molecular flexibility index (Phi) is 5.47. The molecule has 0 saturated carbocycles. The summed E-state index contributed by atoms with van der Waals surface area (Å²) >= 11 is 3.69. The van der Waals surface area contributed by atoms with Crippen LogP contribution in [-0.4, -0.2) is 28.4 Å². The molecule has 84 valence electrons. The summed E-state index contributed by atoms with van der Waals surface area (Å²) in [6.07, 6.45) is 6.95. The predicted octanol–water partition coefficient (Wildman–Crippen LogP) is 3.81. The molecule has 0 aromatic carbocycles. The van der Waals surface area contributed by atoms with Crippen LogP contribution in [0.25, 0.3) is 0 Å². The van der Waals surface area contributed by atoms with Gasteiger partial charge in [0.2, 0.25) is 0 Å². The second-order valence-corrected chi connectivity index (χ2v) is 6.41. The van der Waals surface area contributed by atoms with E-state index in [0.717, 1.165) is 6.04 Å². The minimum absolute atomic E-state index is 0.659. The van der Waals surface area contributed by atoms with Crippen LogP contribution in [0.2, 0.25) is 0 Å². The zero-order valence-corrected chi connectivity index (χ0v) is 11.4. The highest BCUT2D eigenvalue weighted by Gasteiger charge is 2.23. The van der Waals surface area contributed by atoms with E-state index < -0.39 is 0 Å². The van der Waals surface area contributed by atoms with E-state index >= 15 is 0 Å². The highest BCUT2D eigenvalue weighted by molar-refractivity contribution is 9.09. The number of halogens is 1. The quantitative estimate of drug-likeness (QED) is 0.699. The second kappa shape index (κ2) is 6.12. The van der Waals surface area contributed by atoms with E-state index in [1.807, 2.05) is 0 Å². The molecule has 1 saturated heterocycles. The fourth-order valence-corrected chi connectivity index (χ4v) is 2.94. The molecule has 2 atom stereocenters. The summed E-state index contributed by atoms with van der Waals surface area (Å²) in [5.74, 6) is 0. The summed E-state index contributed by atoms with van der Waals surface area (Å²) in [5.41, 5.74) is 0. The fraction of sp³-hybridized carbons (Fsp3) is 1.00. The van der Waals surface area contributed by atoms with Crippen LogP contribution < -0.4 is 0 Å². The van der Waals surface area contributed by atoms with Gasteiger partial charge in [0.25, 0.3) is 0 Å². The normalized spacial score (nSPS) is 27.6. The second-order valence-electron chi connectivity index (χ2n) is 4.85. The third kappa shape index (κ3) is 3.90. The lowest BCUT2D eigenvalue weighted by Crippen LogP contribution is -2.41. The van der Waals surface area contributed by atoms with Crippen molar-refractivity contribution in [1.29, 1.82) is 0 Å². The first kappa shape index (κ1) is 12.5. The number of alkyl halides is 1. The Labute approximate surface area is 97.4 Å². The maximum absolute atomic E-state index is 3.69. The lowest BCUT2D eigenvalue weighted by Gasteiger charge is -2.34. The zero-order valence-electron chi connectivity index (χ0n) is 9.80. The Morgan fingerprint density at radius 3 is 2.50 bits per heavy atom. The maximum atomic E-state index is 3.69. The molecule has 2 unspecified atom stereocenters. The molecule has 1 aliphatic heterocycles. The molecule has 0 aromatic heterocycles. The predicted molar refractivity (Wildman–Crippen MR) is 67.1 cm³/mol. The highest BCUT2D eigenvalue weighted by atomic mass is 79.9. The van der Waals surface area contributed by atoms with Gasteiger partial charge in [-0.15, -0.1) is 0 Å². The zero-order chi connectivity index (χ0) is 10.6. The van der Waals surface area contributed by atoms with Gasteiger partial charge < -0.3 is 0 Å². The molecule has 0 radical (unpaired) electrons. The molecule has 0 bridgehead atoms. The van der Waals surface area contributed by atoms with Crippen LogP contribution in [0.5, 0.6) is 0 Å². The minimum Gasteiger partial charge on any atom is -0.298 e. The van der Waals surface area contributed by atoms with Crippen molar-refractivity contribution < 1.29 is 0 Å². The van der Waals surface area contributed by atoms with E-state index in [2.05, 4.69) is 41.6 Å². The van der Waals surface area contributed by atoms with Crippen molar-refractivity contribution in [3.8, 4) is 0 Å². The fourth-order valence-electron chi connectivity index (χ4n) is 2.51. The lowest BCUT2D eigenvalue weighted by atomic mass is 10.0. The SMILES string of the molecule is CC(Br)CC1CCCCCN1C(C)C. The van der Waals surface area contributed by atoms with Gasteiger partial charge in [-0.3, -0.25) is 4.90 Å². The molecule has 1 rings (SSSR count). The van der Waals surface area contributed by atoms with Crippen LogP contribution in [0.3, 0.4) is 0 Å². The monoisotopic (exact) mass is 261 g/mol. The van der Waals surface area contributed by atoms with Crippen LogP contribution in [-0.2, 0) is 0 Å². The number of likely N-dealkylation sites (tertiary alicyclic amines) is 1. The summed E-state index contributed by atoms with van der Waals surface area (Å²) in [4.78, 5) is 3.36. The van der Waals surface area contributed by atoms with Gasteiger partial charge in [0.1, 0.15) is 0 Å². The molecule has 0 aliphatic carbocycles. The first-order valence-corrected chi connectivity index (χ1v) is 6.92. The molecule has 1 fully saturated rings. The highest BCUT2D eigenvalue weighted by Crippen LogP contribution is 2.24. The molecular formula is C12H24BrN. The van der Waals surface area contributed by atoms with Gasteiger partial charge in [-0.05, 0) is 39.7 Å². The maximum Gasteiger partial charge on any atom is 0.0132 e. The van der Waals surface area contributed by atoms with Crippen molar-refractivity contribution in [2.45, 2.75) is 69.8 Å². The van der Waals surface area contributed by atoms with E-state index in [0.29, 0.717) is 10.9 Å². The molecule has 2 heteroatoms. The standard InChI is InChI=1S/C12H24BrN/c1-10(2)14-8-6-4-5-7-12(14)9-11(3)13/h10-12H,4-9H2,1-3H3. The van der Waals surface area contributed by atoms with Crippen LogP contribution in [0.4, 0.5) is 0 Å². The van der Waals surface area contributed by atoms with E-state index in [4.69, 9.17) is 0 Å². The van der Waals surface area contributed by atoms with Gasteiger partial charge in [0.15, 0.2) is 0 Å². The molecule has 0 spiro atoms. The third-order valence-corrected chi connectivity index (χ3v) is 3.56. The van der Waals surface area contributed by atoms with Crippen LogP contribution in [0.1, 0.15) is 52.9 Å². The first-order valence-electron chi connectivity index (χ1n) is 6.01. The van der Waals surface area contributed by atoms with Gasteiger partial charge in [0, 0.05) is 16.9 Å². The van der Waals surface area contributed by atoms with E-state index in [1.165, 1.54) is 38.6 Å². The van der Waals surface area contributed by atoms with Crippen LogP contribution >= 0.6 is 15.9 Å². The summed E-state index contributed by atoms with van der Waals surface area (Å²) in [5, 5.41) is 0. The first-order chi connectivity index (χ1) is 6.61. The van der Waals surface area contributed by atoms with Crippen molar-refractivity contribution in [2.75, 3.05) is 6.54 Å². The molecular weight excluding hydrogens is 238 g/mol. The topological polar surface area (TPSA) is 3.24 Å². The van der Waals surface area contributed by atoms with Gasteiger partial charge in [-0.25, -0.2) is 0 Å². The van der Waals surface area contributed by atoms with Crippen molar-refractivity contribution >= 4 is 15.9 Å². The molecule has 14 heavy (non-hydrogen) atoms. The number of rotatable bonds is 3. The van der Waals surface area contributed by atoms with E-state index in [1.54, 1.807) is 0 Å². The van der Waals surface area contributed by atoms with Gasteiger partial charge >= 0.3 is 0 Å². The van der Waals surface area contributed by atoms with Gasteiger partial charge in [-0.1, -0.05) is 35.7 Å². The van der Waals surface area contributed by atoms with Crippen LogP contribution in [0.15, 0.2) is 0 Å². The Bertz CT molecular complexity index is 156. The summed E-state index contributed by atoms with van der Waals surface area (Å²) < 4.78 is 0. The van der Waals surface area contributed by atoms with Crippen molar-refractivity contribution in [2.24, 2.45) is 0 Å². The Morgan fingerprint density at radius 1 is 1.21 bits per heavy atom. The molecule has 1 nitrogen and oxygen atoms in total. The number of nitrogens with zero attached hydrogens (tertiary/aromatic N) is 1. The van der Waals surface area contributed by atoms with E-state index in [-0.39, 0.29) is 0 Å². The van der Waals surface area contributed by atoms with Crippen molar-refractivity contribution in [1.82, 2.24) is 4.90 Å². The smallest absolute Gasteiger partial charge is 0.0132 e. The average Bonchev–Trinajstić information content (AvgIpc) is 2.28. The Hall–Kier alpha value is 0.440. The summed E-state index contributed by atoms with van der Waals surface area (Å²) in [6, 6.07) is 1.52. The summed E-state index contributed by atoms with van der Waals surface area (Å²) in [6.45, 7) is 8.24. The van der Waals surface area contributed by atoms with Gasteiger partial charge in [0.05, 0.1) is 0 Å². The Morgan fingerprint density at radius 2 is 1.93 bits per heavy atom.